The summed E-state index contributed by atoms with van der Waals surface area (Å²) in [5.74, 6) is 11.5. The van der Waals surface area contributed by atoms with Crippen molar-refractivity contribution in [2.45, 2.75) is 25.8 Å². The predicted octanol–water partition coefficient (Wildman–Crippen LogP) is 2.76. The number of nitrogens with two attached hydrogens (primary N) is 1. The Hall–Kier alpha value is -0.820. The van der Waals surface area contributed by atoms with Gasteiger partial charge in [-0.05, 0) is 25.0 Å². The minimum absolute atomic E-state index is 0.154. The topological polar surface area (TPSA) is 38.0 Å². The molecule has 1 aromatic carbocycles. The smallest absolute Gasteiger partial charge is 0.0480 e. The van der Waals surface area contributed by atoms with Crippen molar-refractivity contribution in [3.05, 3.63) is 34.3 Å². The molecule has 2 nitrogen and oxygen atoms in total. The van der Waals surface area contributed by atoms with Gasteiger partial charge in [-0.25, -0.2) is 0 Å². The maximum Gasteiger partial charge on any atom is 0.0480 e. The second-order valence-electron chi connectivity index (χ2n) is 3.21. The van der Waals surface area contributed by atoms with Crippen LogP contribution >= 0.6 is 15.9 Å². The summed E-state index contributed by atoms with van der Waals surface area (Å²) < 4.78 is 1.08. The van der Waals surface area contributed by atoms with Gasteiger partial charge >= 0.3 is 0 Å². The van der Waals surface area contributed by atoms with Crippen molar-refractivity contribution in [2.24, 2.45) is 5.84 Å². The Labute approximate surface area is 99.3 Å². The van der Waals surface area contributed by atoms with Crippen LogP contribution in [0.15, 0.2) is 28.7 Å². The van der Waals surface area contributed by atoms with Crippen molar-refractivity contribution in [3.63, 3.8) is 0 Å². The van der Waals surface area contributed by atoms with Crippen molar-refractivity contribution in [3.8, 4) is 11.8 Å². The molecule has 0 saturated carbocycles. The molecule has 0 radical (unpaired) electrons. The zero-order valence-electron chi connectivity index (χ0n) is 8.76. The van der Waals surface area contributed by atoms with E-state index >= 15 is 0 Å². The summed E-state index contributed by atoms with van der Waals surface area (Å²) >= 11 is 3.52. The first-order chi connectivity index (χ1) is 7.29. The average Bonchev–Trinajstić information content (AvgIpc) is 2.26. The summed E-state index contributed by atoms with van der Waals surface area (Å²) in [6.07, 6.45) is 1.77. The van der Waals surface area contributed by atoms with Crippen LogP contribution in [0, 0.1) is 11.8 Å². The van der Waals surface area contributed by atoms with Crippen LogP contribution in [0.3, 0.4) is 0 Å². The third-order valence-electron chi connectivity index (χ3n) is 2.22. The highest BCUT2D eigenvalue weighted by Gasteiger charge is 2.11. The van der Waals surface area contributed by atoms with Crippen LogP contribution in [-0.2, 0) is 0 Å². The molecule has 0 heterocycles. The van der Waals surface area contributed by atoms with Gasteiger partial charge in [-0.3, -0.25) is 11.3 Å². The van der Waals surface area contributed by atoms with Gasteiger partial charge in [0.15, 0.2) is 0 Å². The molecule has 0 saturated heterocycles. The molecule has 0 aliphatic heterocycles. The number of hydrazine groups is 1. The first-order valence-corrected chi connectivity index (χ1v) is 5.69. The highest BCUT2D eigenvalue weighted by molar-refractivity contribution is 9.10. The van der Waals surface area contributed by atoms with Gasteiger partial charge in [-0.15, -0.1) is 11.8 Å². The molecular weight excluding hydrogens is 252 g/mol. The number of nitrogens with one attached hydrogen (secondary N) is 1. The Bertz CT molecular complexity index is 365. The minimum Gasteiger partial charge on any atom is -0.271 e. The summed E-state index contributed by atoms with van der Waals surface area (Å²) in [7, 11) is 0. The van der Waals surface area contributed by atoms with Crippen LogP contribution in [-0.4, -0.2) is 0 Å². The largest absolute Gasteiger partial charge is 0.271 e. The number of halogens is 1. The summed E-state index contributed by atoms with van der Waals surface area (Å²) in [6, 6.07) is 8.24. The molecule has 1 unspecified atom stereocenters. The molecule has 0 aliphatic carbocycles. The van der Waals surface area contributed by atoms with E-state index in [9.17, 15) is 0 Å². The third kappa shape index (κ3) is 3.67. The lowest BCUT2D eigenvalue weighted by Crippen LogP contribution is -2.28. The predicted molar refractivity (Wildman–Crippen MR) is 66.9 cm³/mol. The van der Waals surface area contributed by atoms with Crippen molar-refractivity contribution in [1.82, 2.24) is 5.43 Å². The number of hydrogen-bond donors (Lipinski definition) is 2. The van der Waals surface area contributed by atoms with Crippen molar-refractivity contribution in [2.75, 3.05) is 0 Å². The summed E-state index contributed by atoms with van der Waals surface area (Å²) in [4.78, 5) is 0. The highest BCUT2D eigenvalue weighted by Crippen LogP contribution is 2.25. The standard InChI is InChI=1S/C12H15BrN2/c1-2-3-4-9-12(15-14)10-7-5-6-8-11(10)13/h5-8,12,15H,4,9,14H2,1H3. The lowest BCUT2D eigenvalue weighted by atomic mass is 10.0. The van der Waals surface area contributed by atoms with Gasteiger partial charge in [-0.2, -0.15) is 0 Å². The molecule has 1 rings (SSSR count). The molecule has 3 N–H and O–H groups in total. The van der Waals surface area contributed by atoms with E-state index in [2.05, 4.69) is 39.3 Å². The molecule has 0 spiro atoms. The zero-order valence-corrected chi connectivity index (χ0v) is 10.3. The first-order valence-electron chi connectivity index (χ1n) is 4.89. The fourth-order valence-electron chi connectivity index (χ4n) is 1.43. The van der Waals surface area contributed by atoms with Crippen molar-refractivity contribution < 1.29 is 0 Å². The molecule has 0 bridgehead atoms. The molecule has 80 valence electrons. The molecule has 1 atom stereocenters. The van der Waals surface area contributed by atoms with Gasteiger partial charge in [0.1, 0.15) is 0 Å². The number of benzene rings is 1. The Morgan fingerprint density at radius 3 is 2.80 bits per heavy atom. The van der Waals surface area contributed by atoms with Crippen LogP contribution in [0.2, 0.25) is 0 Å². The van der Waals surface area contributed by atoms with Crippen LogP contribution in [0.25, 0.3) is 0 Å². The normalized spacial score (nSPS) is 11.7. The van der Waals surface area contributed by atoms with E-state index < -0.39 is 0 Å². The molecule has 15 heavy (non-hydrogen) atoms. The summed E-state index contributed by atoms with van der Waals surface area (Å²) in [6.45, 7) is 1.85. The highest BCUT2D eigenvalue weighted by atomic mass is 79.9. The first kappa shape index (κ1) is 12.3. The SMILES string of the molecule is CC#CCCC(NN)c1ccccc1Br. The molecule has 3 heteroatoms. The van der Waals surface area contributed by atoms with E-state index in [0.717, 1.165) is 17.3 Å². The van der Waals surface area contributed by atoms with E-state index in [4.69, 9.17) is 5.84 Å². The Kier molecular flexibility index (Phi) is 5.41. The van der Waals surface area contributed by atoms with Crippen molar-refractivity contribution in [1.29, 1.82) is 0 Å². The van der Waals surface area contributed by atoms with Crippen molar-refractivity contribution >= 4 is 15.9 Å². The number of rotatable bonds is 4. The Morgan fingerprint density at radius 2 is 2.20 bits per heavy atom. The van der Waals surface area contributed by atoms with Gasteiger partial charge < -0.3 is 0 Å². The van der Waals surface area contributed by atoms with E-state index in [1.165, 1.54) is 5.56 Å². The molecule has 0 aliphatic rings. The lowest BCUT2D eigenvalue weighted by Gasteiger charge is -2.16. The quantitative estimate of drug-likeness (QED) is 0.500. The molecule has 1 aromatic rings. The summed E-state index contributed by atoms with van der Waals surface area (Å²) in [5, 5.41) is 0. The molecule has 0 fully saturated rings. The Balaban J connectivity index is 2.72. The van der Waals surface area contributed by atoms with Crippen LogP contribution in [0.4, 0.5) is 0 Å². The van der Waals surface area contributed by atoms with E-state index in [1.807, 2.05) is 25.1 Å². The van der Waals surface area contributed by atoms with Gasteiger partial charge in [0.05, 0.1) is 0 Å². The van der Waals surface area contributed by atoms with Gasteiger partial charge in [0.2, 0.25) is 0 Å². The van der Waals surface area contributed by atoms with Crippen LogP contribution < -0.4 is 11.3 Å². The van der Waals surface area contributed by atoms with Gasteiger partial charge in [0, 0.05) is 16.9 Å². The summed E-state index contributed by atoms with van der Waals surface area (Å²) in [5.41, 5.74) is 4.00. The van der Waals surface area contributed by atoms with Gasteiger partial charge in [0.25, 0.3) is 0 Å². The maximum absolute atomic E-state index is 5.54. The maximum atomic E-state index is 5.54. The van der Waals surface area contributed by atoms with Gasteiger partial charge in [-0.1, -0.05) is 34.1 Å². The minimum atomic E-state index is 0.154. The van der Waals surface area contributed by atoms with E-state index in [1.54, 1.807) is 0 Å². The van der Waals surface area contributed by atoms with Crippen LogP contribution in [0.5, 0.6) is 0 Å². The Morgan fingerprint density at radius 1 is 1.47 bits per heavy atom. The number of hydrogen-bond acceptors (Lipinski definition) is 2. The van der Waals surface area contributed by atoms with E-state index in [-0.39, 0.29) is 6.04 Å². The fraction of sp³-hybridized carbons (Fsp3) is 0.333. The average molecular weight is 267 g/mol. The zero-order chi connectivity index (χ0) is 11.1. The second kappa shape index (κ2) is 6.62. The third-order valence-corrected chi connectivity index (χ3v) is 2.94. The van der Waals surface area contributed by atoms with Crippen LogP contribution in [0.1, 0.15) is 31.4 Å². The lowest BCUT2D eigenvalue weighted by molar-refractivity contribution is 0.522. The second-order valence-corrected chi connectivity index (χ2v) is 4.06. The molecule has 0 amide bonds. The van der Waals surface area contributed by atoms with E-state index in [0.29, 0.717) is 0 Å². The molecular formula is C12H15BrN2. The fourth-order valence-corrected chi connectivity index (χ4v) is 1.99. The molecule has 0 aromatic heterocycles. The monoisotopic (exact) mass is 266 g/mol.